The number of benzene rings is 1. The predicted molar refractivity (Wildman–Crippen MR) is 130 cm³/mol. The zero-order valence-corrected chi connectivity index (χ0v) is 19.4. The number of carbonyl (C=O) groups excluding carboxylic acids is 1. The fraction of sp³-hybridized carbons (Fsp3) is 0.577. The SMILES string of the molecule is CCCCCCC/C=C\CC(O)CCCCCCC(=O)n1[nH]c(=O)c2ccccc2c1=O. The first kappa shape index (κ1) is 25.8. The summed E-state index contributed by atoms with van der Waals surface area (Å²) in [5.41, 5.74) is -0.921. The van der Waals surface area contributed by atoms with Crippen LogP contribution in [-0.4, -0.2) is 26.9 Å². The lowest BCUT2D eigenvalue weighted by Gasteiger charge is -2.08. The molecule has 0 radical (unpaired) electrons. The lowest BCUT2D eigenvalue weighted by molar-refractivity contribution is 0.0876. The highest BCUT2D eigenvalue weighted by Gasteiger charge is 2.12. The van der Waals surface area contributed by atoms with Gasteiger partial charge in [0.15, 0.2) is 0 Å². The molecule has 0 bridgehead atoms. The molecule has 32 heavy (non-hydrogen) atoms. The van der Waals surface area contributed by atoms with Crippen LogP contribution < -0.4 is 11.1 Å². The Kier molecular flexibility index (Phi) is 11.7. The van der Waals surface area contributed by atoms with Crippen LogP contribution in [0.15, 0.2) is 46.0 Å². The van der Waals surface area contributed by atoms with Crippen LogP contribution in [0.1, 0.15) is 95.2 Å². The summed E-state index contributed by atoms with van der Waals surface area (Å²) in [6, 6.07) is 6.50. The fourth-order valence-corrected chi connectivity index (χ4v) is 3.85. The maximum atomic E-state index is 12.5. The van der Waals surface area contributed by atoms with Crippen molar-refractivity contribution >= 4 is 16.7 Å². The summed E-state index contributed by atoms with van der Waals surface area (Å²) in [5, 5.41) is 13.0. The number of hydrogen-bond donors (Lipinski definition) is 2. The van der Waals surface area contributed by atoms with Gasteiger partial charge in [0.05, 0.1) is 16.9 Å². The molecular formula is C26H38N2O4. The monoisotopic (exact) mass is 442 g/mol. The molecule has 1 heterocycles. The van der Waals surface area contributed by atoms with Crippen LogP contribution in [0, 0.1) is 0 Å². The Balaban J connectivity index is 1.61. The van der Waals surface area contributed by atoms with E-state index < -0.39 is 17.0 Å². The molecule has 0 saturated heterocycles. The summed E-state index contributed by atoms with van der Waals surface area (Å²) in [6.07, 6.45) is 16.5. The molecule has 0 amide bonds. The van der Waals surface area contributed by atoms with E-state index in [4.69, 9.17) is 0 Å². The minimum Gasteiger partial charge on any atom is -0.393 e. The highest BCUT2D eigenvalue weighted by Crippen LogP contribution is 2.11. The van der Waals surface area contributed by atoms with Gasteiger partial charge in [-0.3, -0.25) is 19.5 Å². The molecule has 176 valence electrons. The van der Waals surface area contributed by atoms with Crippen LogP contribution in [0.4, 0.5) is 0 Å². The molecule has 1 unspecified atom stereocenters. The van der Waals surface area contributed by atoms with Crippen molar-refractivity contribution in [3.05, 3.63) is 57.1 Å². The number of aromatic nitrogens is 2. The number of aliphatic hydroxyl groups excluding tert-OH is 1. The summed E-state index contributed by atoms with van der Waals surface area (Å²) >= 11 is 0. The van der Waals surface area contributed by atoms with E-state index in [0.29, 0.717) is 18.2 Å². The van der Waals surface area contributed by atoms with Crippen molar-refractivity contribution in [1.29, 1.82) is 0 Å². The second-order valence-corrected chi connectivity index (χ2v) is 8.54. The van der Waals surface area contributed by atoms with E-state index in [0.717, 1.165) is 36.8 Å². The molecule has 1 atom stereocenters. The number of aromatic amines is 1. The molecule has 6 heteroatoms. The van der Waals surface area contributed by atoms with Crippen molar-refractivity contribution in [3.63, 3.8) is 0 Å². The third-order valence-corrected chi connectivity index (χ3v) is 5.80. The predicted octanol–water partition coefficient (Wildman–Crippen LogP) is 5.34. The number of rotatable bonds is 15. The van der Waals surface area contributed by atoms with Crippen LogP contribution in [0.3, 0.4) is 0 Å². The number of aliphatic hydroxyl groups is 1. The number of H-pyrrole nitrogens is 1. The van der Waals surface area contributed by atoms with Gasteiger partial charge < -0.3 is 5.11 Å². The largest absolute Gasteiger partial charge is 0.393 e. The molecule has 0 aliphatic rings. The van der Waals surface area contributed by atoms with Crippen molar-refractivity contribution in [2.24, 2.45) is 0 Å². The Labute approximate surface area is 190 Å². The van der Waals surface area contributed by atoms with Gasteiger partial charge in [0, 0.05) is 6.42 Å². The molecule has 1 aromatic heterocycles. The van der Waals surface area contributed by atoms with Gasteiger partial charge in [-0.05, 0) is 44.2 Å². The Morgan fingerprint density at radius 1 is 0.969 bits per heavy atom. The lowest BCUT2D eigenvalue weighted by Crippen LogP contribution is -2.34. The number of fused-ring (bicyclic) bond motifs is 1. The molecule has 6 nitrogen and oxygen atoms in total. The van der Waals surface area contributed by atoms with E-state index in [1.165, 1.54) is 32.1 Å². The Morgan fingerprint density at radius 3 is 2.44 bits per heavy atom. The first-order valence-corrected chi connectivity index (χ1v) is 12.1. The van der Waals surface area contributed by atoms with Crippen molar-refractivity contribution in [1.82, 2.24) is 9.78 Å². The smallest absolute Gasteiger partial charge is 0.280 e. The van der Waals surface area contributed by atoms with Crippen LogP contribution in [0.25, 0.3) is 10.8 Å². The van der Waals surface area contributed by atoms with Gasteiger partial charge in [-0.15, -0.1) is 0 Å². The minimum absolute atomic E-state index is 0.206. The van der Waals surface area contributed by atoms with E-state index in [2.05, 4.69) is 24.2 Å². The zero-order valence-electron chi connectivity index (χ0n) is 19.4. The maximum absolute atomic E-state index is 12.5. The standard InChI is InChI=1S/C26H38N2O4/c1-2-3-4-5-6-7-8-11-16-21(29)17-12-9-10-13-20-24(30)28-26(32)23-19-15-14-18-22(23)25(31)27-28/h8,11,14-15,18-19,21,29H,2-7,9-10,12-13,16-17,20H2,1H3,(H,27,31)/b11-8-. The molecule has 2 rings (SSSR count). The number of allylic oxidation sites excluding steroid dienone is 1. The van der Waals surface area contributed by atoms with Crippen molar-refractivity contribution in [2.75, 3.05) is 0 Å². The summed E-state index contributed by atoms with van der Waals surface area (Å²) in [5.74, 6) is -0.391. The van der Waals surface area contributed by atoms with Crippen molar-refractivity contribution in [3.8, 4) is 0 Å². The number of hydrogen-bond acceptors (Lipinski definition) is 4. The zero-order chi connectivity index (χ0) is 23.2. The minimum atomic E-state index is -0.484. The van der Waals surface area contributed by atoms with Gasteiger partial charge in [0.2, 0.25) is 5.91 Å². The van der Waals surface area contributed by atoms with Gasteiger partial charge in [-0.2, -0.15) is 4.68 Å². The van der Waals surface area contributed by atoms with E-state index >= 15 is 0 Å². The average molecular weight is 443 g/mol. The topological polar surface area (TPSA) is 92.2 Å². The molecule has 0 aliphatic heterocycles. The van der Waals surface area contributed by atoms with Gasteiger partial charge in [-0.25, -0.2) is 0 Å². The molecular weight excluding hydrogens is 404 g/mol. The van der Waals surface area contributed by atoms with E-state index in [-0.39, 0.29) is 17.9 Å². The molecule has 0 spiro atoms. The number of nitrogens with one attached hydrogen (secondary N) is 1. The van der Waals surface area contributed by atoms with Crippen molar-refractivity contribution < 1.29 is 9.90 Å². The van der Waals surface area contributed by atoms with Crippen LogP contribution in [0.2, 0.25) is 0 Å². The molecule has 0 fully saturated rings. The first-order valence-electron chi connectivity index (χ1n) is 12.1. The van der Waals surface area contributed by atoms with Gasteiger partial charge in [0.1, 0.15) is 0 Å². The lowest BCUT2D eigenvalue weighted by atomic mass is 10.1. The van der Waals surface area contributed by atoms with Gasteiger partial charge >= 0.3 is 0 Å². The van der Waals surface area contributed by atoms with Crippen LogP contribution in [0.5, 0.6) is 0 Å². The quantitative estimate of drug-likeness (QED) is 0.288. The normalized spacial score (nSPS) is 12.6. The highest BCUT2D eigenvalue weighted by atomic mass is 16.3. The van der Waals surface area contributed by atoms with E-state index in [9.17, 15) is 19.5 Å². The number of nitrogens with zero attached hydrogens (tertiary/aromatic N) is 1. The van der Waals surface area contributed by atoms with Gasteiger partial charge in [0.25, 0.3) is 11.1 Å². The van der Waals surface area contributed by atoms with Crippen LogP contribution >= 0.6 is 0 Å². The second kappa shape index (κ2) is 14.6. The number of carbonyl (C=O) groups is 1. The summed E-state index contributed by atoms with van der Waals surface area (Å²) in [6.45, 7) is 2.22. The van der Waals surface area contributed by atoms with Crippen LogP contribution in [-0.2, 0) is 0 Å². The Hall–Kier alpha value is -2.47. The third kappa shape index (κ3) is 8.58. The Morgan fingerprint density at radius 2 is 1.66 bits per heavy atom. The highest BCUT2D eigenvalue weighted by molar-refractivity contribution is 5.84. The van der Waals surface area contributed by atoms with E-state index in [1.807, 2.05) is 0 Å². The fourth-order valence-electron chi connectivity index (χ4n) is 3.85. The molecule has 1 aromatic carbocycles. The summed E-state index contributed by atoms with van der Waals surface area (Å²) in [4.78, 5) is 37.0. The molecule has 2 aromatic rings. The average Bonchev–Trinajstić information content (AvgIpc) is 2.80. The summed E-state index contributed by atoms with van der Waals surface area (Å²) < 4.78 is 0.838. The maximum Gasteiger partial charge on any atom is 0.280 e. The first-order chi connectivity index (χ1) is 15.5. The molecule has 0 aliphatic carbocycles. The molecule has 0 saturated carbocycles. The Bertz CT molecular complexity index is 974. The number of unbranched alkanes of at least 4 members (excludes halogenated alkanes) is 8. The molecule has 2 N–H and O–H groups in total. The van der Waals surface area contributed by atoms with Crippen molar-refractivity contribution in [2.45, 2.75) is 96.5 Å². The second-order valence-electron chi connectivity index (χ2n) is 8.54. The van der Waals surface area contributed by atoms with E-state index in [1.54, 1.807) is 24.3 Å². The summed E-state index contributed by atoms with van der Waals surface area (Å²) in [7, 11) is 0. The third-order valence-electron chi connectivity index (χ3n) is 5.80. The van der Waals surface area contributed by atoms with Gasteiger partial charge in [-0.1, -0.05) is 76.2 Å².